The summed E-state index contributed by atoms with van der Waals surface area (Å²) in [6, 6.07) is 7.70. The Morgan fingerprint density at radius 3 is 2.80 bits per heavy atom. The highest BCUT2D eigenvalue weighted by Crippen LogP contribution is 2.41. The molecular weight excluding hydrogens is 448 g/mol. The minimum absolute atomic E-state index is 0.000342. The maximum absolute atomic E-state index is 12.9. The SMILES string of the molecule is CC(C)(C)OC(=O)N1C[C@H](NC(=O)c2ncc(-c3cccc(C4CC4)c3)o2)C[C@H]1Cn1ccnn1. The third kappa shape index (κ3) is 5.52. The third-order valence-corrected chi connectivity index (χ3v) is 6.17. The molecule has 35 heavy (non-hydrogen) atoms. The lowest BCUT2D eigenvalue weighted by Gasteiger charge is -2.28. The van der Waals surface area contributed by atoms with Crippen LogP contribution < -0.4 is 5.32 Å². The first-order valence-corrected chi connectivity index (χ1v) is 12.0. The van der Waals surface area contributed by atoms with Gasteiger partial charge in [0.2, 0.25) is 0 Å². The molecule has 5 rings (SSSR count). The van der Waals surface area contributed by atoms with Crippen LogP contribution in [0.15, 0.2) is 47.3 Å². The second-order valence-corrected chi connectivity index (χ2v) is 10.2. The summed E-state index contributed by atoms with van der Waals surface area (Å²) in [6.45, 7) is 6.25. The summed E-state index contributed by atoms with van der Waals surface area (Å²) in [5, 5.41) is 10.8. The highest BCUT2D eigenvalue weighted by atomic mass is 16.6. The highest BCUT2D eigenvalue weighted by molar-refractivity contribution is 5.90. The first-order chi connectivity index (χ1) is 16.7. The molecule has 2 atom stereocenters. The number of hydrogen-bond donors (Lipinski definition) is 1. The van der Waals surface area contributed by atoms with E-state index in [1.165, 1.54) is 18.4 Å². The Kier molecular flexibility index (Phi) is 6.04. The van der Waals surface area contributed by atoms with Gasteiger partial charge in [-0.15, -0.1) is 5.10 Å². The minimum Gasteiger partial charge on any atom is -0.444 e. The molecule has 3 aromatic rings. The number of aromatic nitrogens is 4. The molecular formula is C25H30N6O4. The third-order valence-electron chi connectivity index (χ3n) is 6.17. The molecule has 3 heterocycles. The van der Waals surface area contributed by atoms with Gasteiger partial charge in [-0.05, 0) is 57.6 Å². The van der Waals surface area contributed by atoms with Gasteiger partial charge in [0, 0.05) is 24.3 Å². The van der Waals surface area contributed by atoms with Crippen LogP contribution in [0.3, 0.4) is 0 Å². The van der Waals surface area contributed by atoms with Crippen molar-refractivity contribution in [3.8, 4) is 11.3 Å². The number of nitrogens with one attached hydrogen (secondary N) is 1. The molecule has 1 aliphatic heterocycles. The number of likely N-dealkylation sites (tertiary alicyclic amines) is 1. The van der Waals surface area contributed by atoms with E-state index in [-0.39, 0.29) is 18.0 Å². The molecule has 2 fully saturated rings. The van der Waals surface area contributed by atoms with Gasteiger partial charge in [0.25, 0.3) is 5.89 Å². The van der Waals surface area contributed by atoms with E-state index >= 15 is 0 Å². The molecule has 2 aromatic heterocycles. The van der Waals surface area contributed by atoms with Crippen LogP contribution in [0.1, 0.15) is 62.2 Å². The Balaban J connectivity index is 1.26. The zero-order valence-electron chi connectivity index (χ0n) is 20.2. The molecule has 1 saturated carbocycles. The summed E-state index contributed by atoms with van der Waals surface area (Å²) < 4.78 is 13.1. The van der Waals surface area contributed by atoms with Crippen molar-refractivity contribution in [1.82, 2.24) is 30.2 Å². The first kappa shape index (κ1) is 23.1. The maximum atomic E-state index is 12.9. The summed E-state index contributed by atoms with van der Waals surface area (Å²) >= 11 is 0. The van der Waals surface area contributed by atoms with Gasteiger partial charge in [-0.1, -0.05) is 23.4 Å². The Hall–Kier alpha value is -3.69. The number of amides is 2. The summed E-state index contributed by atoms with van der Waals surface area (Å²) in [5.74, 6) is 0.774. The molecule has 2 amide bonds. The normalized spacial score (nSPS) is 20.1. The first-order valence-electron chi connectivity index (χ1n) is 12.0. The molecule has 0 bridgehead atoms. The van der Waals surface area contributed by atoms with E-state index in [1.54, 1.807) is 28.2 Å². The van der Waals surface area contributed by atoms with E-state index in [0.29, 0.717) is 31.2 Å². The molecule has 184 valence electrons. The molecule has 1 N–H and O–H groups in total. The average molecular weight is 479 g/mol. The lowest BCUT2D eigenvalue weighted by Crippen LogP contribution is -2.43. The molecule has 10 nitrogen and oxygen atoms in total. The Labute approximate surface area is 203 Å². The Bertz CT molecular complexity index is 1190. The zero-order chi connectivity index (χ0) is 24.6. The number of oxazole rings is 1. The quantitative estimate of drug-likeness (QED) is 0.575. The molecule has 1 aliphatic carbocycles. The number of hydrogen-bond acceptors (Lipinski definition) is 7. The minimum atomic E-state index is -0.623. The van der Waals surface area contributed by atoms with Crippen molar-refractivity contribution in [2.24, 2.45) is 0 Å². The van der Waals surface area contributed by atoms with Crippen molar-refractivity contribution in [2.75, 3.05) is 6.54 Å². The van der Waals surface area contributed by atoms with Gasteiger partial charge in [-0.3, -0.25) is 9.48 Å². The van der Waals surface area contributed by atoms with E-state index in [0.717, 1.165) is 5.56 Å². The lowest BCUT2D eigenvalue weighted by atomic mass is 10.1. The van der Waals surface area contributed by atoms with E-state index in [4.69, 9.17) is 9.15 Å². The number of carbonyl (C=O) groups is 2. The van der Waals surface area contributed by atoms with Crippen molar-refractivity contribution in [3.05, 3.63) is 54.3 Å². The van der Waals surface area contributed by atoms with Gasteiger partial charge in [0.15, 0.2) is 5.76 Å². The highest BCUT2D eigenvalue weighted by Gasteiger charge is 2.39. The van der Waals surface area contributed by atoms with Gasteiger partial charge in [-0.2, -0.15) is 0 Å². The standard InChI is InChI=1S/C25H30N6O4/c1-25(2,3)35-24(33)31-14-19(12-20(31)15-30-10-9-27-29-30)28-22(32)23-26-13-21(34-23)18-6-4-5-17(11-18)16-7-8-16/h4-6,9-11,13,16,19-20H,7-8,12,14-15H2,1-3H3,(H,28,32)/t19-,20+/m1/s1. The Morgan fingerprint density at radius 2 is 2.09 bits per heavy atom. The van der Waals surface area contributed by atoms with Crippen LogP contribution in [0, 0.1) is 0 Å². The number of benzene rings is 1. The van der Waals surface area contributed by atoms with Crippen molar-refractivity contribution < 1.29 is 18.7 Å². The van der Waals surface area contributed by atoms with Gasteiger partial charge in [0.1, 0.15) is 5.60 Å². The van der Waals surface area contributed by atoms with Crippen molar-refractivity contribution in [2.45, 2.75) is 70.2 Å². The molecule has 0 radical (unpaired) electrons. The smallest absolute Gasteiger partial charge is 0.410 e. The van der Waals surface area contributed by atoms with Crippen LogP contribution in [0.4, 0.5) is 4.79 Å². The number of rotatable bonds is 6. The van der Waals surface area contributed by atoms with Gasteiger partial charge >= 0.3 is 12.0 Å². The van der Waals surface area contributed by atoms with Gasteiger partial charge < -0.3 is 19.4 Å². The molecule has 1 saturated heterocycles. The van der Waals surface area contributed by atoms with Gasteiger partial charge in [0.05, 0.1) is 25.0 Å². The molecule has 10 heteroatoms. The van der Waals surface area contributed by atoms with Crippen molar-refractivity contribution in [1.29, 1.82) is 0 Å². The number of nitrogens with zero attached hydrogens (tertiary/aromatic N) is 5. The second kappa shape index (κ2) is 9.16. The summed E-state index contributed by atoms with van der Waals surface area (Å²) in [4.78, 5) is 31.6. The Morgan fingerprint density at radius 1 is 1.26 bits per heavy atom. The second-order valence-electron chi connectivity index (χ2n) is 10.2. The van der Waals surface area contributed by atoms with Crippen molar-refractivity contribution in [3.63, 3.8) is 0 Å². The fourth-order valence-electron chi connectivity index (χ4n) is 4.41. The van der Waals surface area contributed by atoms with Crippen LogP contribution in [-0.2, 0) is 11.3 Å². The predicted molar refractivity (Wildman–Crippen MR) is 127 cm³/mol. The summed E-state index contributed by atoms with van der Waals surface area (Å²) in [5.41, 5.74) is 1.57. The van der Waals surface area contributed by atoms with Crippen LogP contribution in [-0.4, -0.2) is 61.1 Å². The van der Waals surface area contributed by atoms with Crippen LogP contribution in [0.5, 0.6) is 0 Å². The van der Waals surface area contributed by atoms with E-state index in [1.807, 2.05) is 32.9 Å². The van der Waals surface area contributed by atoms with Crippen LogP contribution in [0.25, 0.3) is 11.3 Å². The van der Waals surface area contributed by atoms with Crippen LogP contribution >= 0.6 is 0 Å². The van der Waals surface area contributed by atoms with E-state index in [2.05, 4.69) is 32.7 Å². The van der Waals surface area contributed by atoms with Crippen LogP contribution in [0.2, 0.25) is 0 Å². The fourth-order valence-corrected chi connectivity index (χ4v) is 4.41. The molecule has 0 spiro atoms. The molecule has 1 aromatic carbocycles. The molecule has 0 unspecified atom stereocenters. The fraction of sp³-hybridized carbons (Fsp3) is 0.480. The zero-order valence-corrected chi connectivity index (χ0v) is 20.2. The van der Waals surface area contributed by atoms with Gasteiger partial charge in [-0.25, -0.2) is 9.78 Å². The maximum Gasteiger partial charge on any atom is 0.410 e. The predicted octanol–water partition coefficient (Wildman–Crippen LogP) is 3.62. The summed E-state index contributed by atoms with van der Waals surface area (Å²) in [6.07, 6.45) is 7.46. The van der Waals surface area contributed by atoms with E-state index in [9.17, 15) is 9.59 Å². The number of carbonyl (C=O) groups excluding carboxylic acids is 2. The van der Waals surface area contributed by atoms with E-state index < -0.39 is 17.6 Å². The topological polar surface area (TPSA) is 115 Å². The monoisotopic (exact) mass is 478 g/mol. The lowest BCUT2D eigenvalue weighted by molar-refractivity contribution is 0.0207. The summed E-state index contributed by atoms with van der Waals surface area (Å²) in [7, 11) is 0. The average Bonchev–Trinajstić information content (AvgIpc) is 3.18. The van der Waals surface area contributed by atoms with Crippen molar-refractivity contribution >= 4 is 12.0 Å². The molecule has 2 aliphatic rings. The number of ether oxygens (including phenoxy) is 1. The largest absolute Gasteiger partial charge is 0.444 e.